The molecule has 0 aliphatic rings. The average molecular weight is 609 g/mol. The Kier molecular flexibility index (Phi) is 11.2. The predicted octanol–water partition coefficient (Wildman–Crippen LogP) is 7.44. The van der Waals surface area contributed by atoms with E-state index < -0.39 is 95.5 Å². The Hall–Kier alpha value is -1.91. The normalized spacial score (nSPS) is 13.9. The lowest BCUT2D eigenvalue weighted by Crippen LogP contribution is -2.51. The summed E-state index contributed by atoms with van der Waals surface area (Å²) >= 11 is 0. The van der Waals surface area contributed by atoms with Gasteiger partial charge in [0.1, 0.15) is 0 Å². The highest BCUT2D eigenvalue weighted by molar-refractivity contribution is 6.77. The molecule has 0 N–H and O–H groups in total. The third kappa shape index (κ3) is 6.54. The Morgan fingerprint density at radius 2 is 1.00 bits per heavy atom. The topological polar surface area (TPSA) is 18.5 Å². The molecule has 0 amide bonds. The smallest absolute Gasteiger partial charge is 0.247 e. The second-order valence-electron chi connectivity index (χ2n) is 10.2. The maximum Gasteiger partial charge on any atom is 0.247 e. The van der Waals surface area contributed by atoms with Gasteiger partial charge in [-0.15, -0.1) is 0 Å². The van der Waals surface area contributed by atoms with Crippen LogP contribution in [0.25, 0.3) is 0 Å². The van der Waals surface area contributed by atoms with Crippen LogP contribution in [0.5, 0.6) is 0 Å². The molecule has 14 heteroatoms. The van der Waals surface area contributed by atoms with Crippen LogP contribution in [0, 0.1) is 58.2 Å². The van der Waals surface area contributed by atoms with Crippen molar-refractivity contribution < 1.29 is 53.4 Å². The molecule has 2 rings (SSSR count). The van der Waals surface area contributed by atoms with Gasteiger partial charge in [0.25, 0.3) is 0 Å². The van der Waals surface area contributed by atoms with E-state index in [2.05, 4.69) is 0 Å². The Bertz CT molecular complexity index is 1130. The Morgan fingerprint density at radius 1 is 0.641 bits per heavy atom. The summed E-state index contributed by atoms with van der Waals surface area (Å²) in [5.74, 6) is -20.3. The highest BCUT2D eigenvalue weighted by Gasteiger charge is 2.52. The molecule has 0 spiro atoms. The first-order valence-electron chi connectivity index (χ1n) is 12.4. The quantitative estimate of drug-likeness (QED) is 0.0588. The van der Waals surface area contributed by atoms with Gasteiger partial charge < -0.3 is 0 Å². The van der Waals surface area contributed by atoms with E-state index in [0.717, 1.165) is 0 Å². The van der Waals surface area contributed by atoms with E-state index in [9.17, 15) is 43.9 Å². The average Bonchev–Trinajstić information content (AvgIpc) is 2.89. The van der Waals surface area contributed by atoms with Gasteiger partial charge in [0.05, 0.1) is 6.23 Å². The highest BCUT2D eigenvalue weighted by Crippen LogP contribution is 2.51. The van der Waals surface area contributed by atoms with E-state index in [1.165, 1.54) is 0 Å². The highest BCUT2D eigenvalue weighted by atomic mass is 28.4. The van der Waals surface area contributed by atoms with Crippen molar-refractivity contribution >= 4 is 18.6 Å². The number of hydrogen-bond donors (Lipinski definition) is 0. The Morgan fingerprint density at radius 3 is 1.36 bits per heavy atom. The molecule has 2 aromatic carbocycles. The van der Waals surface area contributed by atoms with Crippen molar-refractivity contribution in [3.63, 3.8) is 0 Å². The van der Waals surface area contributed by atoms with Crippen LogP contribution >= 0.6 is 0 Å². The molecule has 220 valence electrons. The van der Waals surface area contributed by atoms with Crippen molar-refractivity contribution in [3.8, 4) is 0 Å². The first kappa shape index (κ1) is 33.3. The number of halogens is 10. The molecule has 0 saturated carbocycles. The van der Waals surface area contributed by atoms with E-state index in [0.29, 0.717) is 10.2 Å². The monoisotopic (exact) mass is 608 g/mol. The van der Waals surface area contributed by atoms with Crippen LogP contribution in [-0.2, 0) is 22.3 Å². The number of benzene rings is 2. The van der Waals surface area contributed by atoms with Crippen LogP contribution in [0.2, 0.25) is 16.6 Å². The minimum Gasteiger partial charge on any atom is -0.286 e. The second kappa shape index (κ2) is 13.2. The van der Waals surface area contributed by atoms with Gasteiger partial charge in [-0.1, -0.05) is 27.7 Å². The third-order valence-corrected chi connectivity index (χ3v) is 13.4. The zero-order valence-electron chi connectivity index (χ0n) is 22.1. The van der Waals surface area contributed by atoms with Gasteiger partial charge in [-0.25, -0.2) is 43.9 Å². The predicted molar refractivity (Wildman–Crippen MR) is 130 cm³/mol. The molecule has 0 radical (unpaired) electrons. The first-order chi connectivity index (χ1) is 18.1. The molecule has 0 aliphatic carbocycles. The lowest BCUT2D eigenvalue weighted by Gasteiger charge is -2.46. The lowest BCUT2D eigenvalue weighted by molar-refractivity contribution is -0.207. The number of rotatable bonds is 13. The van der Waals surface area contributed by atoms with Gasteiger partial charge in [-0.2, -0.15) is 0 Å². The van der Waals surface area contributed by atoms with Gasteiger partial charge in [0.2, 0.25) is 20.0 Å². The molecule has 2 nitrogen and oxygen atoms in total. The first-order valence-corrected chi connectivity index (χ1v) is 16.0. The van der Waals surface area contributed by atoms with E-state index in [-0.39, 0.29) is 37.1 Å². The summed E-state index contributed by atoms with van der Waals surface area (Å²) in [5, 5.41) is -0.779. The van der Waals surface area contributed by atoms with Crippen LogP contribution in [-0.4, -0.2) is 24.8 Å². The molecule has 1 unspecified atom stereocenters. The van der Waals surface area contributed by atoms with Crippen LogP contribution in [0.3, 0.4) is 0 Å². The zero-order chi connectivity index (χ0) is 29.9. The van der Waals surface area contributed by atoms with Crippen LogP contribution in [0.1, 0.15) is 58.1 Å². The van der Waals surface area contributed by atoms with E-state index in [1.807, 2.05) is 13.8 Å². The van der Waals surface area contributed by atoms with Gasteiger partial charge in [0, 0.05) is 21.4 Å². The van der Waals surface area contributed by atoms with Gasteiger partial charge in [-0.3, -0.25) is 9.46 Å². The van der Waals surface area contributed by atoms with Crippen molar-refractivity contribution in [2.24, 2.45) is 0 Å². The largest absolute Gasteiger partial charge is 0.286 e. The van der Waals surface area contributed by atoms with Crippen LogP contribution in [0.4, 0.5) is 43.9 Å². The fourth-order valence-electron chi connectivity index (χ4n) is 5.01. The maximum atomic E-state index is 14.2. The van der Waals surface area contributed by atoms with Crippen LogP contribution in [0.15, 0.2) is 0 Å². The van der Waals surface area contributed by atoms with Crippen LogP contribution < -0.4 is 0 Å². The Balaban J connectivity index is 2.31. The molecule has 0 aliphatic heterocycles. The molecule has 0 aromatic heterocycles. The lowest BCUT2D eigenvalue weighted by atomic mass is 10.0. The molecule has 1 atom stereocenters. The SMILES string of the molecule is CC(C)[Si](CCCc1c(F)c(F)c(F)c(F)c1F)(OOC[SiH3])C(C)(C)CCCc1c(F)c(F)c(F)c(F)c1F. The fraction of sp³-hybridized carbons (Fsp3) is 0.520. The van der Waals surface area contributed by atoms with Gasteiger partial charge in [0.15, 0.2) is 46.5 Å². The summed E-state index contributed by atoms with van der Waals surface area (Å²) < 4.78 is 144. The minimum atomic E-state index is -3.15. The van der Waals surface area contributed by atoms with Crippen molar-refractivity contribution in [3.05, 3.63) is 69.3 Å². The van der Waals surface area contributed by atoms with E-state index in [1.54, 1.807) is 13.8 Å². The summed E-state index contributed by atoms with van der Waals surface area (Å²) in [5.41, 5.74) is -2.11. The van der Waals surface area contributed by atoms with E-state index in [4.69, 9.17) is 9.46 Å². The third-order valence-electron chi connectivity index (χ3n) is 7.21. The fourth-order valence-corrected chi connectivity index (χ4v) is 10.3. The molecular weight excluding hydrogens is 578 g/mol. The molecule has 0 saturated heterocycles. The molecule has 2 aromatic rings. The molecule has 0 heterocycles. The maximum absolute atomic E-state index is 14.2. The second-order valence-corrected chi connectivity index (χ2v) is 15.8. The van der Waals surface area contributed by atoms with Crippen molar-refractivity contribution in [1.82, 2.24) is 0 Å². The van der Waals surface area contributed by atoms with E-state index >= 15 is 0 Å². The molecule has 0 bridgehead atoms. The molecular formula is C25H30F10O2Si2. The summed E-state index contributed by atoms with van der Waals surface area (Å²) in [6, 6.07) is 0.154. The van der Waals surface area contributed by atoms with Crippen molar-refractivity contribution in [2.45, 2.75) is 76.4 Å². The van der Waals surface area contributed by atoms with Gasteiger partial charge in [-0.05, 0) is 48.7 Å². The zero-order valence-corrected chi connectivity index (χ0v) is 25.1. The standard InChI is InChI=1S/C25H30F10O2Si2/c1-12(2)39(37-36-11-38,10-6-8-14-17(28)21(32)24(35)22(33)18(14)29)25(3,4)9-5-7-13-15(26)19(30)23(34)20(31)16(13)27/h12H,5-11H2,1-4,38H3. The van der Waals surface area contributed by atoms with Crippen molar-refractivity contribution in [2.75, 3.05) is 6.23 Å². The summed E-state index contributed by atoms with van der Waals surface area (Å²) in [6.45, 7) is 7.17. The summed E-state index contributed by atoms with van der Waals surface area (Å²) in [6.07, 6.45) is -0.547. The molecule has 39 heavy (non-hydrogen) atoms. The minimum absolute atomic E-state index is 0.00526. The summed E-state index contributed by atoms with van der Waals surface area (Å²) in [4.78, 5) is 5.34. The summed E-state index contributed by atoms with van der Waals surface area (Å²) in [7, 11) is -2.55. The number of hydrogen-bond acceptors (Lipinski definition) is 2. The Labute approximate surface area is 224 Å². The van der Waals surface area contributed by atoms with Crippen molar-refractivity contribution in [1.29, 1.82) is 0 Å². The molecule has 0 fully saturated rings. The van der Waals surface area contributed by atoms with Gasteiger partial charge >= 0.3 is 0 Å².